The lowest BCUT2D eigenvalue weighted by Gasteiger charge is -2.08. The highest BCUT2D eigenvalue weighted by Crippen LogP contribution is 2.18. The van der Waals surface area contributed by atoms with Crippen molar-refractivity contribution in [1.29, 1.82) is 0 Å². The van der Waals surface area contributed by atoms with Crippen LogP contribution < -0.4 is 15.8 Å². The largest absolute Gasteiger partial charge is 0.496 e. The van der Waals surface area contributed by atoms with Gasteiger partial charge in [0.25, 0.3) is 0 Å². The zero-order chi connectivity index (χ0) is 12.7. The summed E-state index contributed by atoms with van der Waals surface area (Å²) in [6.07, 6.45) is -0.743. The minimum Gasteiger partial charge on any atom is -0.496 e. The Kier molecular flexibility index (Phi) is 5.29. The number of ether oxygens (including phenoxy) is 2. The van der Waals surface area contributed by atoms with Gasteiger partial charge in [-0.25, -0.2) is 4.79 Å². The highest BCUT2D eigenvalue weighted by atomic mass is 16.5. The number of methoxy groups -OCH3 is 1. The summed E-state index contributed by atoms with van der Waals surface area (Å²) in [6.45, 7) is 3.57. The molecule has 5 heteroatoms. The zero-order valence-corrected chi connectivity index (χ0v) is 10.2. The molecule has 0 fully saturated rings. The fourth-order valence-corrected chi connectivity index (χ4v) is 1.51. The molecule has 0 saturated carbocycles. The van der Waals surface area contributed by atoms with Crippen LogP contribution in [0, 0.1) is 6.92 Å². The quantitative estimate of drug-likeness (QED) is 0.730. The van der Waals surface area contributed by atoms with E-state index in [1.165, 1.54) is 0 Å². The first-order valence-corrected chi connectivity index (χ1v) is 5.40. The van der Waals surface area contributed by atoms with Gasteiger partial charge in [0.05, 0.1) is 7.11 Å². The molecule has 0 aliphatic heterocycles. The van der Waals surface area contributed by atoms with Gasteiger partial charge in [0.1, 0.15) is 12.4 Å². The molecule has 94 valence electrons. The fraction of sp³-hybridized carbons (Fsp3) is 0.417. The number of benzene rings is 1. The van der Waals surface area contributed by atoms with Gasteiger partial charge in [0.2, 0.25) is 0 Å². The first-order chi connectivity index (χ1) is 8.13. The normalized spacial score (nSPS) is 10.0. The van der Waals surface area contributed by atoms with Crippen molar-refractivity contribution < 1.29 is 14.3 Å². The molecule has 0 radical (unpaired) electrons. The zero-order valence-electron chi connectivity index (χ0n) is 10.2. The lowest BCUT2D eigenvalue weighted by Crippen LogP contribution is -2.23. The summed E-state index contributed by atoms with van der Waals surface area (Å²) in [6, 6.07) is 5.99. The second-order valence-corrected chi connectivity index (χ2v) is 3.65. The minimum atomic E-state index is -0.743. The lowest BCUT2D eigenvalue weighted by atomic mass is 10.1. The molecule has 3 N–H and O–H groups in total. The number of carbonyl (C=O) groups excluding carboxylic acids is 1. The number of aryl methyl sites for hydroxylation is 1. The lowest BCUT2D eigenvalue weighted by molar-refractivity contribution is 0.157. The average molecular weight is 238 g/mol. The molecule has 1 aromatic rings. The maximum Gasteiger partial charge on any atom is 0.404 e. The Bertz CT molecular complexity index is 380. The van der Waals surface area contributed by atoms with Crippen LogP contribution in [0.3, 0.4) is 0 Å². The smallest absolute Gasteiger partial charge is 0.404 e. The Morgan fingerprint density at radius 1 is 1.47 bits per heavy atom. The van der Waals surface area contributed by atoms with Crippen molar-refractivity contribution in [2.24, 2.45) is 5.73 Å². The van der Waals surface area contributed by atoms with Gasteiger partial charge in [-0.05, 0) is 24.1 Å². The molecule has 0 aliphatic rings. The molecule has 1 aromatic carbocycles. The molecule has 0 unspecified atom stereocenters. The molecule has 0 aromatic heterocycles. The van der Waals surface area contributed by atoms with E-state index < -0.39 is 6.09 Å². The first-order valence-electron chi connectivity index (χ1n) is 5.40. The van der Waals surface area contributed by atoms with Crippen LogP contribution in [-0.2, 0) is 11.3 Å². The number of nitrogens with two attached hydrogens (primary N) is 1. The SMILES string of the molecule is COc1ccc(CNCCOC(N)=O)cc1C. The highest BCUT2D eigenvalue weighted by Gasteiger charge is 1.99. The van der Waals surface area contributed by atoms with Crippen LogP contribution in [0.5, 0.6) is 5.75 Å². The van der Waals surface area contributed by atoms with Crippen LogP contribution in [0.25, 0.3) is 0 Å². The van der Waals surface area contributed by atoms with Crippen LogP contribution in [0.1, 0.15) is 11.1 Å². The number of amides is 1. The van der Waals surface area contributed by atoms with Crippen molar-refractivity contribution in [3.05, 3.63) is 29.3 Å². The predicted molar refractivity (Wildman–Crippen MR) is 65.0 cm³/mol. The Morgan fingerprint density at radius 2 is 2.24 bits per heavy atom. The molecule has 1 rings (SSSR count). The second-order valence-electron chi connectivity index (χ2n) is 3.65. The molecule has 0 bridgehead atoms. The Morgan fingerprint density at radius 3 is 2.82 bits per heavy atom. The highest BCUT2D eigenvalue weighted by molar-refractivity contribution is 5.64. The number of hydrogen-bond donors (Lipinski definition) is 2. The Labute approximate surface area is 101 Å². The molecule has 5 nitrogen and oxygen atoms in total. The van der Waals surface area contributed by atoms with Crippen molar-refractivity contribution in [2.75, 3.05) is 20.3 Å². The number of nitrogens with one attached hydrogen (secondary N) is 1. The summed E-state index contributed by atoms with van der Waals surface area (Å²) < 4.78 is 9.77. The van der Waals surface area contributed by atoms with E-state index in [1.807, 2.05) is 19.1 Å². The predicted octanol–water partition coefficient (Wildman–Crippen LogP) is 1.19. The van der Waals surface area contributed by atoms with E-state index in [0.29, 0.717) is 13.1 Å². The first kappa shape index (κ1) is 13.3. The molecule has 1 amide bonds. The number of primary amides is 1. The van der Waals surface area contributed by atoms with Crippen molar-refractivity contribution in [3.63, 3.8) is 0 Å². The van der Waals surface area contributed by atoms with Crippen LogP contribution in [0.2, 0.25) is 0 Å². The van der Waals surface area contributed by atoms with E-state index in [9.17, 15) is 4.79 Å². The van der Waals surface area contributed by atoms with Crippen LogP contribution >= 0.6 is 0 Å². The topological polar surface area (TPSA) is 73.6 Å². The van der Waals surface area contributed by atoms with E-state index in [-0.39, 0.29) is 6.61 Å². The van der Waals surface area contributed by atoms with Gasteiger partial charge in [-0.1, -0.05) is 12.1 Å². The Hall–Kier alpha value is -1.75. The maximum atomic E-state index is 10.3. The molecule has 0 atom stereocenters. The molecule has 0 heterocycles. The number of rotatable bonds is 6. The van der Waals surface area contributed by atoms with Gasteiger partial charge in [0.15, 0.2) is 0 Å². The molecular weight excluding hydrogens is 220 g/mol. The summed E-state index contributed by atoms with van der Waals surface area (Å²) in [5, 5.41) is 3.15. The number of hydrogen-bond acceptors (Lipinski definition) is 4. The van der Waals surface area contributed by atoms with Gasteiger partial charge in [-0.15, -0.1) is 0 Å². The van der Waals surface area contributed by atoms with Crippen molar-refractivity contribution in [2.45, 2.75) is 13.5 Å². The van der Waals surface area contributed by atoms with E-state index in [4.69, 9.17) is 10.5 Å². The summed E-state index contributed by atoms with van der Waals surface area (Å²) in [4.78, 5) is 10.3. The summed E-state index contributed by atoms with van der Waals surface area (Å²) in [5.41, 5.74) is 7.09. The van der Waals surface area contributed by atoms with E-state index in [1.54, 1.807) is 7.11 Å². The summed E-state index contributed by atoms with van der Waals surface area (Å²) >= 11 is 0. The monoisotopic (exact) mass is 238 g/mol. The minimum absolute atomic E-state index is 0.282. The fourth-order valence-electron chi connectivity index (χ4n) is 1.51. The van der Waals surface area contributed by atoms with Crippen molar-refractivity contribution in [3.8, 4) is 5.75 Å². The van der Waals surface area contributed by atoms with Crippen molar-refractivity contribution in [1.82, 2.24) is 5.32 Å². The molecule has 17 heavy (non-hydrogen) atoms. The summed E-state index contributed by atoms with van der Waals surface area (Å²) in [7, 11) is 1.65. The van der Waals surface area contributed by atoms with E-state index in [2.05, 4.69) is 16.1 Å². The van der Waals surface area contributed by atoms with Crippen LogP contribution in [-0.4, -0.2) is 26.4 Å². The molecule has 0 aliphatic carbocycles. The third-order valence-corrected chi connectivity index (χ3v) is 2.31. The van der Waals surface area contributed by atoms with Gasteiger partial charge in [-0.3, -0.25) is 0 Å². The van der Waals surface area contributed by atoms with Crippen LogP contribution in [0.15, 0.2) is 18.2 Å². The van der Waals surface area contributed by atoms with Gasteiger partial charge < -0.3 is 20.5 Å². The third kappa shape index (κ3) is 4.74. The van der Waals surface area contributed by atoms with E-state index >= 15 is 0 Å². The average Bonchev–Trinajstić information content (AvgIpc) is 2.28. The Balaban J connectivity index is 2.32. The third-order valence-electron chi connectivity index (χ3n) is 2.31. The number of carbonyl (C=O) groups is 1. The van der Waals surface area contributed by atoms with Crippen LogP contribution in [0.4, 0.5) is 4.79 Å². The molecular formula is C12H18N2O3. The van der Waals surface area contributed by atoms with Crippen molar-refractivity contribution >= 4 is 6.09 Å². The van der Waals surface area contributed by atoms with Gasteiger partial charge in [0, 0.05) is 13.1 Å². The van der Waals surface area contributed by atoms with Gasteiger partial charge >= 0.3 is 6.09 Å². The standard InChI is InChI=1S/C12H18N2O3/c1-9-7-10(3-4-11(9)16-2)8-14-5-6-17-12(13)15/h3-4,7,14H,5-6,8H2,1-2H3,(H2,13,15). The molecule has 0 saturated heterocycles. The molecule has 0 spiro atoms. The summed E-state index contributed by atoms with van der Waals surface area (Å²) in [5.74, 6) is 0.880. The maximum absolute atomic E-state index is 10.3. The second kappa shape index (κ2) is 6.75. The van der Waals surface area contributed by atoms with E-state index in [0.717, 1.165) is 16.9 Å². The van der Waals surface area contributed by atoms with Gasteiger partial charge in [-0.2, -0.15) is 0 Å².